The van der Waals surface area contributed by atoms with Gasteiger partial charge < -0.3 is 0 Å². The molecule has 2 heterocycles. The number of nitrogens with one attached hydrogen (secondary N) is 1. The molecule has 0 atom stereocenters. The first-order valence-electron chi connectivity index (χ1n) is 9.89. The van der Waals surface area contributed by atoms with Crippen LogP contribution in [0.5, 0.6) is 0 Å². The van der Waals surface area contributed by atoms with Crippen LogP contribution in [0.25, 0.3) is 16.2 Å². The van der Waals surface area contributed by atoms with Crippen molar-refractivity contribution in [1.29, 1.82) is 0 Å². The molecule has 1 saturated carbocycles. The Labute approximate surface area is 183 Å². The number of nitrogens with zero attached hydrogens (tertiary/aromatic N) is 4. The minimum absolute atomic E-state index is 0.125. The van der Waals surface area contributed by atoms with E-state index in [9.17, 15) is 13.2 Å². The molecule has 8 nitrogen and oxygen atoms in total. The molecule has 1 aliphatic carbocycles. The lowest BCUT2D eigenvalue weighted by Crippen LogP contribution is -2.34. The maximum Gasteiger partial charge on any atom is 0.335 e. The molecule has 1 N–H and O–H groups in total. The van der Waals surface area contributed by atoms with Crippen LogP contribution in [-0.2, 0) is 16.6 Å². The lowest BCUT2D eigenvalue weighted by molar-refractivity contribution is 0.558. The van der Waals surface area contributed by atoms with E-state index in [4.69, 9.17) is 0 Å². The molecule has 0 radical (unpaired) electrons. The zero-order valence-corrected chi connectivity index (χ0v) is 18.7. The molecule has 0 spiro atoms. The fourth-order valence-electron chi connectivity index (χ4n) is 3.56. The Morgan fingerprint density at radius 1 is 1.10 bits per heavy atom. The summed E-state index contributed by atoms with van der Waals surface area (Å²) in [5.74, 6) is 0. The highest BCUT2D eigenvalue weighted by Crippen LogP contribution is 2.36. The van der Waals surface area contributed by atoms with Gasteiger partial charge in [-0.1, -0.05) is 41.7 Å². The van der Waals surface area contributed by atoms with E-state index in [0.29, 0.717) is 22.7 Å². The molecule has 31 heavy (non-hydrogen) atoms. The number of aromatic nitrogens is 4. The Hall–Kier alpha value is -2.82. The fraction of sp³-hybridized carbons (Fsp3) is 0.286. The summed E-state index contributed by atoms with van der Waals surface area (Å²) in [6.45, 7) is 4.06. The van der Waals surface area contributed by atoms with Crippen molar-refractivity contribution < 1.29 is 8.42 Å². The van der Waals surface area contributed by atoms with Gasteiger partial charge in [0.2, 0.25) is 15.2 Å². The topological polar surface area (TPSA) is 98.9 Å². The molecular weight excluding hydrogens is 434 g/mol. The van der Waals surface area contributed by atoms with Crippen LogP contribution in [0.15, 0.2) is 58.2 Å². The highest BCUT2D eigenvalue weighted by atomic mass is 32.2. The van der Waals surface area contributed by atoms with Crippen LogP contribution in [0.1, 0.15) is 30.3 Å². The molecular formula is C21H21N5O3S2. The summed E-state index contributed by atoms with van der Waals surface area (Å²) in [5, 5.41) is 9.30. The second-order valence-electron chi connectivity index (χ2n) is 8.11. The van der Waals surface area contributed by atoms with E-state index in [0.717, 1.165) is 23.4 Å². The van der Waals surface area contributed by atoms with Gasteiger partial charge in [-0.3, -0.25) is 4.57 Å². The minimum Gasteiger partial charge on any atom is -0.287 e. The predicted molar refractivity (Wildman–Crippen MR) is 119 cm³/mol. The molecule has 0 amide bonds. The van der Waals surface area contributed by atoms with Crippen molar-refractivity contribution in [2.75, 3.05) is 0 Å². The lowest BCUT2D eigenvalue weighted by atomic mass is 10.2. The van der Waals surface area contributed by atoms with Crippen molar-refractivity contribution in [2.45, 2.75) is 43.7 Å². The van der Waals surface area contributed by atoms with Gasteiger partial charge in [-0.05, 0) is 50.5 Å². The number of hydrogen-bond acceptors (Lipinski definition) is 6. The smallest absolute Gasteiger partial charge is 0.287 e. The average molecular weight is 456 g/mol. The Bertz CT molecular complexity index is 1450. The highest BCUT2D eigenvalue weighted by molar-refractivity contribution is 7.89. The third-order valence-corrected chi connectivity index (χ3v) is 7.94. The van der Waals surface area contributed by atoms with Gasteiger partial charge in [-0.15, -0.1) is 10.2 Å². The Morgan fingerprint density at radius 2 is 1.84 bits per heavy atom. The van der Waals surface area contributed by atoms with E-state index in [2.05, 4.69) is 14.9 Å². The van der Waals surface area contributed by atoms with Gasteiger partial charge in [0, 0.05) is 5.54 Å². The van der Waals surface area contributed by atoms with Crippen LogP contribution in [0.3, 0.4) is 0 Å². The van der Waals surface area contributed by atoms with E-state index in [1.54, 1.807) is 22.8 Å². The number of benzene rings is 2. The third kappa shape index (κ3) is 3.71. The monoisotopic (exact) mass is 455 g/mol. The Morgan fingerprint density at radius 3 is 2.48 bits per heavy atom. The number of sulfonamides is 1. The molecule has 2 aromatic heterocycles. The SMILES string of the molecule is Cc1nnc(-n2c(=O)n(Cc3ccccc3)c3ccc(S(=O)(=O)NC4(C)CC4)cc32)s1. The number of hydrogen-bond donors (Lipinski definition) is 1. The number of fused-ring (bicyclic) bond motifs is 1. The summed E-state index contributed by atoms with van der Waals surface area (Å²) in [4.78, 5) is 13.5. The fourth-order valence-corrected chi connectivity index (χ4v) is 5.74. The molecule has 4 aromatic rings. The third-order valence-electron chi connectivity index (χ3n) is 5.48. The van der Waals surface area contributed by atoms with Crippen LogP contribution in [0.2, 0.25) is 0 Å². The normalized spacial score (nSPS) is 15.4. The molecule has 10 heteroatoms. The number of imidazole rings is 1. The molecule has 0 saturated heterocycles. The van der Waals surface area contributed by atoms with Gasteiger partial charge in [0.1, 0.15) is 5.01 Å². The summed E-state index contributed by atoms with van der Waals surface area (Å²) >= 11 is 1.29. The zero-order chi connectivity index (χ0) is 21.8. The quantitative estimate of drug-likeness (QED) is 0.482. The summed E-state index contributed by atoms with van der Waals surface area (Å²) in [5.41, 5.74) is 1.42. The van der Waals surface area contributed by atoms with Crippen LogP contribution < -0.4 is 10.4 Å². The average Bonchev–Trinajstić information content (AvgIpc) is 3.18. The van der Waals surface area contributed by atoms with Crippen molar-refractivity contribution >= 4 is 32.4 Å². The van der Waals surface area contributed by atoms with Gasteiger partial charge >= 0.3 is 5.69 Å². The first kappa shape index (κ1) is 20.1. The molecule has 0 unspecified atom stereocenters. The molecule has 2 aromatic carbocycles. The number of aryl methyl sites for hydroxylation is 1. The Balaban J connectivity index is 1.70. The summed E-state index contributed by atoms with van der Waals surface area (Å²) in [6, 6.07) is 14.4. The molecule has 0 bridgehead atoms. The van der Waals surface area contributed by atoms with Crippen molar-refractivity contribution in [3.05, 3.63) is 69.6 Å². The first-order chi connectivity index (χ1) is 14.8. The maximum absolute atomic E-state index is 13.4. The van der Waals surface area contributed by atoms with Crippen LogP contribution >= 0.6 is 11.3 Å². The summed E-state index contributed by atoms with van der Waals surface area (Å²) in [6.07, 6.45) is 1.63. The van der Waals surface area contributed by atoms with Crippen LogP contribution in [0.4, 0.5) is 0 Å². The van der Waals surface area contributed by atoms with Crippen molar-refractivity contribution in [3.8, 4) is 5.13 Å². The van der Waals surface area contributed by atoms with Crippen LogP contribution in [-0.4, -0.2) is 33.3 Å². The van der Waals surface area contributed by atoms with E-state index in [1.807, 2.05) is 44.2 Å². The van der Waals surface area contributed by atoms with E-state index in [1.165, 1.54) is 15.9 Å². The predicted octanol–water partition coefficient (Wildman–Crippen LogP) is 2.83. The first-order valence-corrected chi connectivity index (χ1v) is 12.2. The van der Waals surface area contributed by atoms with Gasteiger partial charge in [-0.25, -0.2) is 22.5 Å². The van der Waals surface area contributed by atoms with E-state index < -0.39 is 10.0 Å². The van der Waals surface area contributed by atoms with E-state index >= 15 is 0 Å². The second kappa shape index (κ2) is 7.11. The number of rotatable bonds is 6. The zero-order valence-electron chi connectivity index (χ0n) is 17.1. The second-order valence-corrected chi connectivity index (χ2v) is 11.0. The molecule has 160 valence electrons. The van der Waals surface area contributed by atoms with Gasteiger partial charge in [0.05, 0.1) is 22.5 Å². The Kier molecular flexibility index (Phi) is 4.61. The molecule has 5 rings (SSSR count). The van der Waals surface area contributed by atoms with Gasteiger partial charge in [-0.2, -0.15) is 0 Å². The minimum atomic E-state index is -3.71. The van der Waals surface area contributed by atoms with Crippen molar-refractivity contribution in [1.82, 2.24) is 24.1 Å². The van der Waals surface area contributed by atoms with E-state index in [-0.39, 0.29) is 16.1 Å². The van der Waals surface area contributed by atoms with Crippen LogP contribution in [0, 0.1) is 6.92 Å². The molecule has 1 fully saturated rings. The highest BCUT2D eigenvalue weighted by Gasteiger charge is 2.41. The molecule has 1 aliphatic rings. The maximum atomic E-state index is 13.4. The summed E-state index contributed by atoms with van der Waals surface area (Å²) < 4.78 is 31.7. The van der Waals surface area contributed by atoms with Crippen molar-refractivity contribution in [2.24, 2.45) is 0 Å². The van der Waals surface area contributed by atoms with Gasteiger partial charge in [0.15, 0.2) is 0 Å². The summed E-state index contributed by atoms with van der Waals surface area (Å²) in [7, 11) is -3.71. The largest absolute Gasteiger partial charge is 0.335 e. The molecule has 0 aliphatic heterocycles. The standard InChI is InChI=1S/C21H21N5O3S2/c1-14-22-23-19(30-14)26-18-12-16(31(28,29)24-21(2)10-11-21)8-9-17(18)25(20(26)27)13-15-6-4-3-5-7-15/h3-9,12,24H,10-11,13H2,1-2H3. The van der Waals surface area contributed by atoms with Crippen molar-refractivity contribution in [3.63, 3.8) is 0 Å². The lowest BCUT2D eigenvalue weighted by Gasteiger charge is -2.12. The van der Waals surface area contributed by atoms with Gasteiger partial charge in [0.25, 0.3) is 0 Å².